The van der Waals surface area contributed by atoms with Crippen molar-refractivity contribution in [1.29, 1.82) is 0 Å². The number of halogens is 1. The molecule has 6 heavy (non-hydrogen) atoms. The van der Waals surface area contributed by atoms with Crippen molar-refractivity contribution < 1.29 is 0 Å². The van der Waals surface area contributed by atoms with E-state index in [4.69, 9.17) is 0 Å². The van der Waals surface area contributed by atoms with E-state index in [1.54, 1.807) is 11.3 Å². The van der Waals surface area contributed by atoms with Crippen LogP contribution in [0.3, 0.4) is 0 Å². The highest BCUT2D eigenvalue weighted by molar-refractivity contribution is 14.1. The van der Waals surface area contributed by atoms with Gasteiger partial charge in [0.1, 0.15) is 3.70 Å². The van der Waals surface area contributed by atoms with Crippen LogP contribution in [0, 0.1) is 3.70 Å². The highest BCUT2D eigenvalue weighted by Gasteiger charge is 1.78. The molecule has 3 heteroatoms. The highest BCUT2D eigenvalue weighted by Crippen LogP contribution is 2.01. The first kappa shape index (κ1) is 4.52. The van der Waals surface area contributed by atoms with Crippen molar-refractivity contribution in [1.82, 2.24) is 4.98 Å². The third-order valence-corrected chi connectivity index (χ3v) is 2.00. The maximum atomic E-state index is 3.92. The van der Waals surface area contributed by atoms with Crippen LogP contribution in [0.4, 0.5) is 0 Å². The van der Waals surface area contributed by atoms with E-state index < -0.39 is 0 Å². The predicted molar refractivity (Wildman–Crippen MR) is 34.8 cm³/mol. The lowest BCUT2D eigenvalue weighted by atomic mass is 11.0. The predicted octanol–water partition coefficient (Wildman–Crippen LogP) is 1.75. The first-order valence-electron chi connectivity index (χ1n) is 1.43. The second-order valence-electron chi connectivity index (χ2n) is 0.811. The number of rotatable bonds is 0. The summed E-state index contributed by atoms with van der Waals surface area (Å²) in [7, 11) is 0. The van der Waals surface area contributed by atoms with E-state index in [0.717, 1.165) is 3.70 Å². The largest absolute Gasteiger partial charge is 0.239 e. The molecule has 0 fully saturated rings. The Labute approximate surface area is 53.6 Å². The van der Waals surface area contributed by atoms with Crippen LogP contribution in [0.5, 0.6) is 0 Å². The van der Waals surface area contributed by atoms with Crippen LogP contribution >= 0.6 is 33.9 Å². The van der Waals surface area contributed by atoms with Crippen LogP contribution in [0.15, 0.2) is 10.9 Å². The van der Waals surface area contributed by atoms with E-state index in [9.17, 15) is 0 Å². The third kappa shape index (κ3) is 0.909. The van der Waals surface area contributed by atoms with Gasteiger partial charge in [0.15, 0.2) is 0 Å². The topological polar surface area (TPSA) is 12.9 Å². The molecule has 0 aliphatic carbocycles. The quantitative estimate of drug-likeness (QED) is 0.595. The maximum Gasteiger partial charge on any atom is 0.112 e. The summed E-state index contributed by atoms with van der Waals surface area (Å²) in [6.45, 7) is 0. The Bertz CT molecular complexity index is 114. The van der Waals surface area contributed by atoms with Crippen molar-refractivity contribution in [2.24, 2.45) is 0 Å². The Balaban J connectivity index is 3.05. The summed E-state index contributed by atoms with van der Waals surface area (Å²) in [5.41, 5.74) is 1.82. The van der Waals surface area contributed by atoms with Gasteiger partial charge in [-0.05, 0) is 22.6 Å². The van der Waals surface area contributed by atoms with Crippen LogP contribution in [0.25, 0.3) is 0 Å². The minimum absolute atomic E-state index is 1.08. The lowest BCUT2D eigenvalue weighted by molar-refractivity contribution is 1.36. The van der Waals surface area contributed by atoms with Gasteiger partial charge in [-0.2, -0.15) is 0 Å². The van der Waals surface area contributed by atoms with Crippen LogP contribution < -0.4 is 0 Å². The number of nitrogens with zero attached hydrogens (tertiary/aromatic N) is 1. The normalized spacial score (nSPS) is 8.83. The lowest BCUT2D eigenvalue weighted by Crippen LogP contribution is -1.57. The number of hydrogen-bond donors (Lipinski definition) is 0. The molecule has 0 amide bonds. The molecule has 0 radical (unpaired) electrons. The van der Waals surface area contributed by atoms with Gasteiger partial charge in [0.25, 0.3) is 0 Å². The smallest absolute Gasteiger partial charge is 0.112 e. The molecule has 1 heterocycles. The molecule has 0 N–H and O–H groups in total. The fraction of sp³-hybridized carbons (Fsp3) is 0. The van der Waals surface area contributed by atoms with Crippen LogP contribution in [-0.2, 0) is 0 Å². The van der Waals surface area contributed by atoms with Gasteiger partial charge >= 0.3 is 0 Å². The van der Waals surface area contributed by atoms with Gasteiger partial charge in [-0.25, -0.2) is 4.98 Å². The standard InChI is InChI=1S/C3H2INS/c4-3-1-6-2-5-3/h1-2H. The number of thiazole rings is 1. The minimum atomic E-state index is 1.08. The van der Waals surface area contributed by atoms with E-state index in [1.807, 2.05) is 10.9 Å². The first-order chi connectivity index (χ1) is 2.89. The third-order valence-electron chi connectivity index (χ3n) is 0.402. The molecule has 0 spiro atoms. The SMILES string of the molecule is Ic1cscn1. The summed E-state index contributed by atoms with van der Waals surface area (Å²) in [6, 6.07) is 0. The zero-order valence-electron chi connectivity index (χ0n) is 2.89. The van der Waals surface area contributed by atoms with E-state index in [2.05, 4.69) is 27.6 Å². The molecule has 0 saturated heterocycles. The first-order valence-corrected chi connectivity index (χ1v) is 3.45. The second kappa shape index (κ2) is 1.88. The zero-order valence-corrected chi connectivity index (χ0v) is 5.86. The van der Waals surface area contributed by atoms with Crippen LogP contribution in [-0.4, -0.2) is 4.98 Å². The molecule has 0 bridgehead atoms. The van der Waals surface area contributed by atoms with Gasteiger partial charge in [-0.15, -0.1) is 11.3 Å². The Morgan fingerprint density at radius 3 is 2.83 bits per heavy atom. The Hall–Kier alpha value is 0.360. The van der Waals surface area contributed by atoms with Gasteiger partial charge in [-0.1, -0.05) is 0 Å². The van der Waals surface area contributed by atoms with Crippen molar-refractivity contribution in [2.45, 2.75) is 0 Å². The summed E-state index contributed by atoms with van der Waals surface area (Å²) in [5.74, 6) is 0. The zero-order chi connectivity index (χ0) is 4.41. The molecule has 0 atom stereocenters. The average Bonchev–Trinajstić information content (AvgIpc) is 1.86. The van der Waals surface area contributed by atoms with Gasteiger partial charge < -0.3 is 0 Å². The molecule has 1 aromatic rings. The van der Waals surface area contributed by atoms with Crippen molar-refractivity contribution in [3.05, 3.63) is 14.6 Å². The number of hydrogen-bond acceptors (Lipinski definition) is 2. The van der Waals surface area contributed by atoms with Crippen molar-refractivity contribution >= 4 is 33.9 Å². The molecule has 0 aromatic carbocycles. The van der Waals surface area contributed by atoms with Crippen molar-refractivity contribution in [3.8, 4) is 0 Å². The Morgan fingerprint density at radius 2 is 2.67 bits per heavy atom. The molecule has 0 saturated carbocycles. The fourth-order valence-corrected chi connectivity index (χ4v) is 1.37. The van der Waals surface area contributed by atoms with Gasteiger partial charge in [-0.3, -0.25) is 0 Å². The Morgan fingerprint density at radius 1 is 1.83 bits per heavy atom. The number of aromatic nitrogens is 1. The summed E-state index contributed by atoms with van der Waals surface area (Å²) in [4.78, 5) is 3.92. The molecule has 0 aliphatic heterocycles. The summed E-state index contributed by atoms with van der Waals surface area (Å²) >= 11 is 3.80. The molecular formula is C3H2INS. The highest BCUT2D eigenvalue weighted by atomic mass is 127. The molecule has 0 aliphatic rings. The monoisotopic (exact) mass is 211 g/mol. The molecule has 1 nitrogen and oxygen atoms in total. The molecule has 1 aromatic heterocycles. The van der Waals surface area contributed by atoms with Gasteiger partial charge in [0, 0.05) is 5.38 Å². The van der Waals surface area contributed by atoms with E-state index in [1.165, 1.54) is 0 Å². The van der Waals surface area contributed by atoms with Crippen LogP contribution in [0.2, 0.25) is 0 Å². The maximum absolute atomic E-state index is 3.92. The van der Waals surface area contributed by atoms with Gasteiger partial charge in [0.05, 0.1) is 5.51 Å². The average molecular weight is 211 g/mol. The Kier molecular flexibility index (Phi) is 1.42. The molecule has 0 unspecified atom stereocenters. The summed E-state index contributed by atoms with van der Waals surface area (Å²) in [5, 5.41) is 2.00. The summed E-state index contributed by atoms with van der Waals surface area (Å²) in [6.07, 6.45) is 0. The van der Waals surface area contributed by atoms with E-state index >= 15 is 0 Å². The van der Waals surface area contributed by atoms with E-state index in [-0.39, 0.29) is 0 Å². The van der Waals surface area contributed by atoms with Gasteiger partial charge in [0.2, 0.25) is 0 Å². The second-order valence-corrected chi connectivity index (χ2v) is 2.64. The lowest BCUT2D eigenvalue weighted by Gasteiger charge is -1.61. The van der Waals surface area contributed by atoms with E-state index in [0.29, 0.717) is 0 Å². The molecule has 1 rings (SSSR count). The van der Waals surface area contributed by atoms with Crippen molar-refractivity contribution in [3.63, 3.8) is 0 Å². The molecule has 32 valence electrons. The van der Waals surface area contributed by atoms with Crippen LogP contribution in [0.1, 0.15) is 0 Å². The van der Waals surface area contributed by atoms with Crippen molar-refractivity contribution in [2.75, 3.05) is 0 Å². The fourth-order valence-electron chi connectivity index (χ4n) is 0.198. The summed E-state index contributed by atoms with van der Waals surface area (Å²) < 4.78 is 1.08. The molecular weight excluding hydrogens is 209 g/mol. The minimum Gasteiger partial charge on any atom is -0.239 e.